The van der Waals surface area contributed by atoms with Gasteiger partial charge < -0.3 is 9.88 Å². The Morgan fingerprint density at radius 1 is 1.24 bits per heavy atom. The van der Waals surface area contributed by atoms with E-state index in [1.165, 1.54) is 6.33 Å². The molecule has 2 aromatic heterocycles. The highest BCUT2D eigenvalue weighted by molar-refractivity contribution is 6.01. The van der Waals surface area contributed by atoms with E-state index in [2.05, 4.69) is 47.7 Å². The summed E-state index contributed by atoms with van der Waals surface area (Å²) >= 11 is 0. The van der Waals surface area contributed by atoms with Gasteiger partial charge in [-0.3, -0.25) is 14.3 Å². The molecule has 1 amide bonds. The minimum atomic E-state index is -0.0762. The molecule has 0 saturated heterocycles. The number of carbonyl (C=O) groups excluding carboxylic acids is 2. The number of aromatic nitrogens is 4. The van der Waals surface area contributed by atoms with Crippen LogP contribution in [0.1, 0.15) is 68.3 Å². The van der Waals surface area contributed by atoms with Gasteiger partial charge >= 0.3 is 0 Å². The maximum absolute atomic E-state index is 13.0. The van der Waals surface area contributed by atoms with Crippen LogP contribution in [0.15, 0.2) is 12.7 Å². The standard InChI is InChI=1S/C22H33N5O2/c1-14(2)10-27-16(4)17(21-18(27)8-22(5,6)9-19(21)28)7-20(29)25-15(3)11-26-13-23-12-24-26/h12-15H,7-11H2,1-6H3,(H,25,29)/t15-/m1/s1. The summed E-state index contributed by atoms with van der Waals surface area (Å²) in [5, 5.41) is 7.11. The summed E-state index contributed by atoms with van der Waals surface area (Å²) < 4.78 is 3.98. The number of amides is 1. The van der Waals surface area contributed by atoms with Crippen LogP contribution in [0.3, 0.4) is 0 Å². The van der Waals surface area contributed by atoms with E-state index < -0.39 is 0 Å². The Balaban J connectivity index is 1.84. The molecule has 1 aliphatic rings. The quantitative estimate of drug-likeness (QED) is 0.776. The predicted molar refractivity (Wildman–Crippen MR) is 112 cm³/mol. The Hall–Kier alpha value is -2.44. The summed E-state index contributed by atoms with van der Waals surface area (Å²) in [4.78, 5) is 29.7. The van der Waals surface area contributed by atoms with Crippen molar-refractivity contribution in [3.05, 3.63) is 35.2 Å². The number of rotatable bonds is 7. The molecule has 0 aromatic carbocycles. The van der Waals surface area contributed by atoms with Gasteiger partial charge in [0.1, 0.15) is 12.7 Å². The summed E-state index contributed by atoms with van der Waals surface area (Å²) in [6.45, 7) is 14.1. The van der Waals surface area contributed by atoms with E-state index in [1.54, 1.807) is 11.0 Å². The lowest BCUT2D eigenvalue weighted by Crippen LogP contribution is -2.37. The molecule has 1 aliphatic carbocycles. The summed E-state index contributed by atoms with van der Waals surface area (Å²) in [5.74, 6) is 0.567. The van der Waals surface area contributed by atoms with Gasteiger partial charge in [0.05, 0.1) is 13.0 Å². The highest BCUT2D eigenvalue weighted by Crippen LogP contribution is 2.39. The molecule has 0 aliphatic heterocycles. The van der Waals surface area contributed by atoms with Crippen LogP contribution in [0, 0.1) is 18.3 Å². The van der Waals surface area contributed by atoms with Gasteiger partial charge in [-0.2, -0.15) is 5.10 Å². The van der Waals surface area contributed by atoms with E-state index in [9.17, 15) is 9.59 Å². The van der Waals surface area contributed by atoms with Crippen molar-refractivity contribution >= 4 is 11.7 Å². The van der Waals surface area contributed by atoms with Gasteiger partial charge in [-0.25, -0.2) is 4.98 Å². The third-order valence-corrected chi connectivity index (χ3v) is 5.54. The van der Waals surface area contributed by atoms with Gasteiger partial charge in [0, 0.05) is 36.0 Å². The van der Waals surface area contributed by atoms with E-state index in [1.807, 2.05) is 13.8 Å². The average molecular weight is 400 g/mol. The first-order valence-electron chi connectivity index (χ1n) is 10.4. The van der Waals surface area contributed by atoms with Crippen LogP contribution < -0.4 is 5.32 Å². The zero-order chi connectivity index (χ0) is 21.3. The fraction of sp³-hybridized carbons (Fsp3) is 0.636. The van der Waals surface area contributed by atoms with Gasteiger partial charge in [0.15, 0.2) is 5.78 Å². The molecule has 0 unspecified atom stereocenters. The zero-order valence-electron chi connectivity index (χ0n) is 18.5. The van der Waals surface area contributed by atoms with Gasteiger partial charge in [-0.15, -0.1) is 0 Å². The lowest BCUT2D eigenvalue weighted by Gasteiger charge is -2.30. The number of nitrogens with zero attached hydrogens (tertiary/aromatic N) is 4. The molecule has 2 heterocycles. The first-order chi connectivity index (χ1) is 13.6. The number of carbonyl (C=O) groups is 2. The summed E-state index contributed by atoms with van der Waals surface area (Å²) in [6.07, 6.45) is 4.74. The van der Waals surface area contributed by atoms with Crippen molar-refractivity contribution in [1.29, 1.82) is 0 Å². The van der Waals surface area contributed by atoms with Crippen molar-refractivity contribution in [2.24, 2.45) is 11.3 Å². The van der Waals surface area contributed by atoms with Gasteiger partial charge in [-0.05, 0) is 37.2 Å². The third-order valence-electron chi connectivity index (χ3n) is 5.54. The van der Waals surface area contributed by atoms with Crippen molar-refractivity contribution < 1.29 is 9.59 Å². The van der Waals surface area contributed by atoms with Crippen molar-refractivity contribution in [3.8, 4) is 0 Å². The number of Topliss-reactive ketones (excluding diaryl/α,β-unsaturated/α-hetero) is 1. The van der Waals surface area contributed by atoms with Crippen LogP contribution in [0.5, 0.6) is 0 Å². The minimum absolute atomic E-state index is 0.0462. The number of fused-ring (bicyclic) bond motifs is 1. The number of ketones is 1. The highest BCUT2D eigenvalue weighted by atomic mass is 16.1. The Bertz CT molecular complexity index is 893. The second-order valence-corrected chi connectivity index (χ2v) is 9.59. The Morgan fingerprint density at radius 2 is 1.97 bits per heavy atom. The smallest absolute Gasteiger partial charge is 0.224 e. The largest absolute Gasteiger partial charge is 0.351 e. The van der Waals surface area contributed by atoms with Crippen LogP contribution in [-0.2, 0) is 30.7 Å². The molecule has 158 valence electrons. The zero-order valence-corrected chi connectivity index (χ0v) is 18.5. The minimum Gasteiger partial charge on any atom is -0.351 e. The topological polar surface area (TPSA) is 81.8 Å². The summed E-state index contributed by atoms with van der Waals surface area (Å²) in [5.41, 5.74) is 3.80. The van der Waals surface area contributed by atoms with E-state index in [4.69, 9.17) is 0 Å². The lowest BCUT2D eigenvalue weighted by molar-refractivity contribution is -0.121. The van der Waals surface area contributed by atoms with Crippen molar-refractivity contribution in [2.75, 3.05) is 0 Å². The van der Waals surface area contributed by atoms with Crippen LogP contribution in [0.4, 0.5) is 0 Å². The molecule has 0 fully saturated rings. The molecule has 3 rings (SSSR count). The van der Waals surface area contributed by atoms with Gasteiger partial charge in [0.2, 0.25) is 5.91 Å². The molecule has 0 bridgehead atoms. The molecule has 1 N–H and O–H groups in total. The number of hydrogen-bond donors (Lipinski definition) is 1. The van der Waals surface area contributed by atoms with Gasteiger partial charge in [0.25, 0.3) is 0 Å². The number of nitrogens with one attached hydrogen (secondary N) is 1. The van der Waals surface area contributed by atoms with Crippen molar-refractivity contribution in [1.82, 2.24) is 24.6 Å². The van der Waals surface area contributed by atoms with Crippen LogP contribution >= 0.6 is 0 Å². The van der Waals surface area contributed by atoms with E-state index in [-0.39, 0.29) is 29.6 Å². The normalized spacial score (nSPS) is 16.7. The monoisotopic (exact) mass is 399 g/mol. The molecule has 1 atom stereocenters. The molecule has 2 aromatic rings. The molecular formula is C22H33N5O2. The van der Waals surface area contributed by atoms with Crippen molar-refractivity contribution in [2.45, 2.75) is 79.9 Å². The number of hydrogen-bond acceptors (Lipinski definition) is 4. The molecule has 0 spiro atoms. The first kappa shape index (κ1) is 21.3. The Kier molecular flexibility index (Phi) is 5.96. The Morgan fingerprint density at radius 3 is 2.59 bits per heavy atom. The van der Waals surface area contributed by atoms with E-state index >= 15 is 0 Å². The predicted octanol–water partition coefficient (Wildman–Crippen LogP) is 2.95. The van der Waals surface area contributed by atoms with Gasteiger partial charge in [-0.1, -0.05) is 27.7 Å². The van der Waals surface area contributed by atoms with Crippen LogP contribution in [0.2, 0.25) is 0 Å². The third kappa shape index (κ3) is 4.77. The highest BCUT2D eigenvalue weighted by Gasteiger charge is 2.37. The fourth-order valence-electron chi connectivity index (χ4n) is 4.38. The molecule has 29 heavy (non-hydrogen) atoms. The van der Waals surface area contributed by atoms with E-state index in [0.29, 0.717) is 18.9 Å². The molecule has 0 saturated carbocycles. The fourth-order valence-corrected chi connectivity index (χ4v) is 4.38. The van der Waals surface area contributed by atoms with E-state index in [0.717, 1.165) is 35.5 Å². The Labute approximate surface area is 172 Å². The molecule has 7 nitrogen and oxygen atoms in total. The first-order valence-corrected chi connectivity index (χ1v) is 10.4. The van der Waals surface area contributed by atoms with Crippen molar-refractivity contribution in [3.63, 3.8) is 0 Å². The molecule has 7 heteroatoms. The molecule has 0 radical (unpaired) electrons. The summed E-state index contributed by atoms with van der Waals surface area (Å²) in [6, 6.07) is -0.0762. The van der Waals surface area contributed by atoms with Crippen LogP contribution in [-0.4, -0.2) is 37.1 Å². The van der Waals surface area contributed by atoms with Crippen LogP contribution in [0.25, 0.3) is 0 Å². The SMILES string of the molecule is Cc1c(CC(=O)N[C@H](C)Cn2cncn2)c2c(n1CC(C)C)CC(C)(C)CC2=O. The second-order valence-electron chi connectivity index (χ2n) is 9.59. The maximum atomic E-state index is 13.0. The maximum Gasteiger partial charge on any atom is 0.224 e. The average Bonchev–Trinajstić information content (AvgIpc) is 3.16. The molecular weight excluding hydrogens is 366 g/mol. The lowest BCUT2D eigenvalue weighted by atomic mass is 9.75. The second kappa shape index (κ2) is 8.13. The summed E-state index contributed by atoms with van der Waals surface area (Å²) in [7, 11) is 0.